The van der Waals surface area contributed by atoms with Gasteiger partial charge in [0.1, 0.15) is 0 Å². The summed E-state index contributed by atoms with van der Waals surface area (Å²) in [7, 11) is 0. The van der Waals surface area contributed by atoms with Gasteiger partial charge in [-0.3, -0.25) is 10.1 Å². The number of piperidine rings is 1. The van der Waals surface area contributed by atoms with E-state index in [1.165, 1.54) is 0 Å². The first-order valence-corrected chi connectivity index (χ1v) is 5.80. The van der Waals surface area contributed by atoms with E-state index in [0.29, 0.717) is 19.0 Å². The molecule has 1 heterocycles. The van der Waals surface area contributed by atoms with Crippen LogP contribution in [-0.4, -0.2) is 48.7 Å². The van der Waals surface area contributed by atoms with Crippen LogP contribution in [-0.2, 0) is 4.79 Å². The molecule has 4 heteroatoms. The maximum atomic E-state index is 11.8. The largest absolute Gasteiger partial charge is 0.396 e. The van der Waals surface area contributed by atoms with Gasteiger partial charge in [0.25, 0.3) is 0 Å². The molecular formula is C12H20N2O2. The van der Waals surface area contributed by atoms with E-state index < -0.39 is 0 Å². The second-order valence-electron chi connectivity index (χ2n) is 4.17. The summed E-state index contributed by atoms with van der Waals surface area (Å²) in [6.45, 7) is 2.56. The van der Waals surface area contributed by atoms with Crippen molar-refractivity contribution in [3.05, 3.63) is 0 Å². The normalized spacial score (nSPS) is 20.5. The Morgan fingerprint density at radius 2 is 2.44 bits per heavy atom. The van der Waals surface area contributed by atoms with Crippen molar-refractivity contribution in [1.82, 2.24) is 10.2 Å². The molecule has 0 bridgehead atoms. The van der Waals surface area contributed by atoms with Crippen LogP contribution in [0, 0.1) is 18.3 Å². The summed E-state index contributed by atoms with van der Waals surface area (Å²) in [6.07, 6.45) is 8.03. The first-order valence-electron chi connectivity index (χ1n) is 5.80. The number of nitrogens with one attached hydrogen (secondary N) is 1. The summed E-state index contributed by atoms with van der Waals surface area (Å²) >= 11 is 0. The monoisotopic (exact) mass is 224 g/mol. The Morgan fingerprint density at radius 1 is 1.62 bits per heavy atom. The molecule has 4 nitrogen and oxygen atoms in total. The van der Waals surface area contributed by atoms with E-state index in [0.717, 1.165) is 32.4 Å². The summed E-state index contributed by atoms with van der Waals surface area (Å²) < 4.78 is 0. The zero-order valence-electron chi connectivity index (χ0n) is 9.61. The highest BCUT2D eigenvalue weighted by atomic mass is 16.3. The first-order chi connectivity index (χ1) is 7.77. The molecule has 0 spiro atoms. The Kier molecular flexibility index (Phi) is 5.91. The van der Waals surface area contributed by atoms with Crippen LogP contribution < -0.4 is 5.32 Å². The number of carbonyl (C=O) groups excluding carboxylic acids is 1. The minimum Gasteiger partial charge on any atom is -0.396 e. The van der Waals surface area contributed by atoms with Crippen molar-refractivity contribution in [2.45, 2.75) is 19.3 Å². The van der Waals surface area contributed by atoms with Gasteiger partial charge in [0.15, 0.2) is 0 Å². The summed E-state index contributed by atoms with van der Waals surface area (Å²) in [5.41, 5.74) is 0. The van der Waals surface area contributed by atoms with Crippen LogP contribution >= 0.6 is 0 Å². The number of hydrogen-bond acceptors (Lipinski definition) is 3. The maximum Gasteiger partial charge on any atom is 0.236 e. The van der Waals surface area contributed by atoms with Crippen LogP contribution in [0.25, 0.3) is 0 Å². The minimum atomic E-state index is 0.109. The fourth-order valence-corrected chi connectivity index (χ4v) is 2.06. The molecule has 1 fully saturated rings. The standard InChI is InChI=1S/C12H20N2O2/c1-2-6-13-9-12(16)14-7-3-4-11(10-14)5-8-15/h1,11,13,15H,3-10H2. The van der Waals surface area contributed by atoms with Gasteiger partial charge in [-0.05, 0) is 25.2 Å². The van der Waals surface area contributed by atoms with E-state index >= 15 is 0 Å². The molecule has 1 atom stereocenters. The van der Waals surface area contributed by atoms with Crippen molar-refractivity contribution in [3.63, 3.8) is 0 Å². The first kappa shape index (κ1) is 13.0. The number of terminal acetylenes is 1. The third kappa shape index (κ3) is 4.21. The number of amides is 1. The van der Waals surface area contributed by atoms with Crippen LogP contribution in [0.4, 0.5) is 0 Å². The van der Waals surface area contributed by atoms with Gasteiger partial charge in [-0.25, -0.2) is 0 Å². The molecular weight excluding hydrogens is 204 g/mol. The second-order valence-corrected chi connectivity index (χ2v) is 4.17. The highest BCUT2D eigenvalue weighted by Crippen LogP contribution is 2.18. The highest BCUT2D eigenvalue weighted by Gasteiger charge is 2.22. The molecule has 0 radical (unpaired) electrons. The van der Waals surface area contributed by atoms with Gasteiger partial charge >= 0.3 is 0 Å². The second kappa shape index (κ2) is 7.26. The number of rotatable bonds is 5. The molecule has 90 valence electrons. The van der Waals surface area contributed by atoms with Gasteiger partial charge in [0, 0.05) is 19.7 Å². The van der Waals surface area contributed by atoms with Crippen LogP contribution in [0.1, 0.15) is 19.3 Å². The SMILES string of the molecule is C#CCNCC(=O)N1CCCC(CCO)C1. The predicted molar refractivity (Wildman–Crippen MR) is 62.7 cm³/mol. The number of carbonyl (C=O) groups is 1. The molecule has 1 saturated heterocycles. The zero-order chi connectivity index (χ0) is 11.8. The fraction of sp³-hybridized carbons (Fsp3) is 0.750. The molecule has 1 unspecified atom stereocenters. The van der Waals surface area contributed by atoms with Crippen molar-refractivity contribution in [2.24, 2.45) is 5.92 Å². The lowest BCUT2D eigenvalue weighted by Crippen LogP contribution is -2.44. The number of hydrogen-bond donors (Lipinski definition) is 2. The molecule has 16 heavy (non-hydrogen) atoms. The molecule has 0 aromatic rings. The van der Waals surface area contributed by atoms with E-state index in [9.17, 15) is 4.79 Å². The lowest BCUT2D eigenvalue weighted by atomic mass is 9.95. The van der Waals surface area contributed by atoms with Crippen molar-refractivity contribution < 1.29 is 9.90 Å². The van der Waals surface area contributed by atoms with Crippen molar-refractivity contribution in [2.75, 3.05) is 32.8 Å². The third-order valence-corrected chi connectivity index (χ3v) is 2.91. The Labute approximate surface area is 97.0 Å². The maximum absolute atomic E-state index is 11.8. The van der Waals surface area contributed by atoms with Crippen molar-refractivity contribution in [1.29, 1.82) is 0 Å². The molecule has 1 rings (SSSR count). The lowest BCUT2D eigenvalue weighted by molar-refractivity contribution is -0.132. The predicted octanol–water partition coefficient (Wildman–Crippen LogP) is -0.170. The number of likely N-dealkylation sites (tertiary alicyclic amines) is 1. The highest BCUT2D eigenvalue weighted by molar-refractivity contribution is 5.78. The smallest absolute Gasteiger partial charge is 0.236 e. The van der Waals surface area contributed by atoms with Gasteiger partial charge in [0.2, 0.25) is 5.91 Å². The minimum absolute atomic E-state index is 0.109. The van der Waals surface area contributed by atoms with Gasteiger partial charge in [-0.15, -0.1) is 6.42 Å². The summed E-state index contributed by atoms with van der Waals surface area (Å²) in [5.74, 6) is 3.00. The summed E-state index contributed by atoms with van der Waals surface area (Å²) in [6, 6.07) is 0. The molecule has 0 aliphatic carbocycles. The van der Waals surface area contributed by atoms with Gasteiger partial charge in [0.05, 0.1) is 13.1 Å². The van der Waals surface area contributed by atoms with Crippen molar-refractivity contribution >= 4 is 5.91 Å². The third-order valence-electron chi connectivity index (χ3n) is 2.91. The lowest BCUT2D eigenvalue weighted by Gasteiger charge is -2.32. The summed E-state index contributed by atoms with van der Waals surface area (Å²) in [4.78, 5) is 13.6. The van der Waals surface area contributed by atoms with E-state index in [-0.39, 0.29) is 12.5 Å². The van der Waals surface area contributed by atoms with Crippen molar-refractivity contribution in [3.8, 4) is 12.3 Å². The Balaban J connectivity index is 2.29. The quantitative estimate of drug-likeness (QED) is 0.503. The molecule has 1 aliphatic rings. The Morgan fingerprint density at radius 3 is 3.12 bits per heavy atom. The molecule has 2 N–H and O–H groups in total. The fourth-order valence-electron chi connectivity index (χ4n) is 2.06. The average molecular weight is 224 g/mol. The zero-order valence-corrected chi connectivity index (χ0v) is 9.61. The number of aliphatic hydroxyl groups excluding tert-OH is 1. The summed E-state index contributed by atoms with van der Waals surface area (Å²) in [5, 5.41) is 11.8. The molecule has 1 aliphatic heterocycles. The molecule has 1 amide bonds. The Hall–Kier alpha value is -1.05. The van der Waals surface area contributed by atoms with Gasteiger partial charge < -0.3 is 10.0 Å². The Bertz CT molecular complexity index is 258. The molecule has 0 saturated carbocycles. The van der Waals surface area contributed by atoms with Crippen LogP contribution in [0.3, 0.4) is 0 Å². The van der Waals surface area contributed by atoms with E-state index in [1.54, 1.807) is 0 Å². The number of nitrogens with zero attached hydrogens (tertiary/aromatic N) is 1. The van der Waals surface area contributed by atoms with Gasteiger partial charge in [-0.1, -0.05) is 5.92 Å². The number of aliphatic hydroxyl groups is 1. The van der Waals surface area contributed by atoms with Crippen LogP contribution in [0.15, 0.2) is 0 Å². The molecule has 0 aromatic carbocycles. The molecule has 0 aromatic heterocycles. The van der Waals surface area contributed by atoms with E-state index in [4.69, 9.17) is 11.5 Å². The topological polar surface area (TPSA) is 52.6 Å². The average Bonchev–Trinajstić information content (AvgIpc) is 2.30. The van der Waals surface area contributed by atoms with Crippen LogP contribution in [0.2, 0.25) is 0 Å². The van der Waals surface area contributed by atoms with E-state index in [2.05, 4.69) is 11.2 Å². The van der Waals surface area contributed by atoms with Crippen LogP contribution in [0.5, 0.6) is 0 Å². The van der Waals surface area contributed by atoms with E-state index in [1.807, 2.05) is 4.90 Å². The van der Waals surface area contributed by atoms with Gasteiger partial charge in [-0.2, -0.15) is 0 Å².